The first-order valence-electron chi connectivity index (χ1n) is 5.13. The Bertz CT molecular complexity index is 406. The van der Waals surface area contributed by atoms with Gasteiger partial charge in [0.1, 0.15) is 5.78 Å². The number of benzene rings is 1. The van der Waals surface area contributed by atoms with Crippen LogP contribution in [-0.2, 0) is 11.2 Å². The summed E-state index contributed by atoms with van der Waals surface area (Å²) in [4.78, 5) is 11.4. The summed E-state index contributed by atoms with van der Waals surface area (Å²) in [6.45, 7) is 0. The van der Waals surface area contributed by atoms with E-state index in [1.54, 1.807) is 17.8 Å². The number of thioether (sulfide) groups is 1. The fourth-order valence-corrected chi connectivity index (χ4v) is 2.95. The fraction of sp³-hybridized carbons (Fsp3) is 0.417. The molecule has 0 bridgehead atoms. The Kier molecular flexibility index (Phi) is 3.49. The first-order valence-corrected chi connectivity index (χ1v) is 6.29. The Balaban J connectivity index is 2.10. The maximum Gasteiger partial charge on any atom is 0.165 e. The summed E-state index contributed by atoms with van der Waals surface area (Å²) in [5.74, 6) is 1.67. The molecule has 1 heterocycles. The molecule has 16 heavy (non-hydrogen) atoms. The van der Waals surface area contributed by atoms with Crippen LogP contribution in [0.5, 0.6) is 5.75 Å². The molecule has 86 valence electrons. The van der Waals surface area contributed by atoms with Crippen LogP contribution in [0, 0.1) is 11.7 Å². The largest absolute Gasteiger partial charge is 0.494 e. The summed E-state index contributed by atoms with van der Waals surface area (Å²) < 4.78 is 18.3. The maximum absolute atomic E-state index is 13.4. The second-order valence-corrected chi connectivity index (χ2v) is 4.88. The molecule has 0 N–H and O–H groups in total. The Morgan fingerprint density at radius 1 is 1.56 bits per heavy atom. The molecule has 0 amide bonds. The molecule has 0 spiro atoms. The number of carbonyl (C=O) groups excluding carboxylic acids is 1. The second-order valence-electron chi connectivity index (χ2n) is 3.85. The Hall–Kier alpha value is -1.03. The van der Waals surface area contributed by atoms with E-state index in [1.807, 2.05) is 6.07 Å². The van der Waals surface area contributed by atoms with Crippen molar-refractivity contribution in [2.45, 2.75) is 6.42 Å². The Labute approximate surface area is 98.2 Å². The lowest BCUT2D eigenvalue weighted by molar-refractivity contribution is -0.119. The number of hydrogen-bond donors (Lipinski definition) is 0. The van der Waals surface area contributed by atoms with Gasteiger partial charge in [-0.2, -0.15) is 11.8 Å². The van der Waals surface area contributed by atoms with E-state index in [2.05, 4.69) is 0 Å². The quantitative estimate of drug-likeness (QED) is 0.811. The number of hydrogen-bond acceptors (Lipinski definition) is 3. The van der Waals surface area contributed by atoms with Gasteiger partial charge in [-0.3, -0.25) is 4.79 Å². The SMILES string of the molecule is COc1ccc(CC2CSCC2=O)cc1F. The third kappa shape index (κ3) is 2.38. The smallest absolute Gasteiger partial charge is 0.165 e. The highest BCUT2D eigenvalue weighted by atomic mass is 32.2. The zero-order valence-corrected chi connectivity index (χ0v) is 9.85. The highest BCUT2D eigenvalue weighted by Crippen LogP contribution is 2.25. The summed E-state index contributed by atoms with van der Waals surface area (Å²) in [6.07, 6.45) is 0.632. The lowest BCUT2D eigenvalue weighted by Crippen LogP contribution is -2.14. The molecule has 2 nitrogen and oxygen atoms in total. The zero-order valence-electron chi connectivity index (χ0n) is 9.03. The molecule has 0 aromatic heterocycles. The molecule has 1 unspecified atom stereocenters. The minimum absolute atomic E-state index is 0.0535. The van der Waals surface area contributed by atoms with Gasteiger partial charge in [-0.25, -0.2) is 4.39 Å². The number of Topliss-reactive ketones (excluding diaryl/α,β-unsaturated/α-hetero) is 1. The van der Waals surface area contributed by atoms with Crippen molar-refractivity contribution in [3.8, 4) is 5.75 Å². The normalized spacial score (nSPS) is 20.1. The van der Waals surface area contributed by atoms with Gasteiger partial charge in [-0.15, -0.1) is 0 Å². The fourth-order valence-electron chi connectivity index (χ4n) is 1.81. The number of carbonyl (C=O) groups is 1. The molecule has 4 heteroatoms. The lowest BCUT2D eigenvalue weighted by atomic mass is 9.98. The third-order valence-corrected chi connectivity index (χ3v) is 3.84. The van der Waals surface area contributed by atoms with E-state index in [4.69, 9.17) is 4.74 Å². The van der Waals surface area contributed by atoms with Crippen LogP contribution in [0.3, 0.4) is 0 Å². The standard InChI is InChI=1S/C12H13FO2S/c1-15-12-3-2-8(5-10(12)13)4-9-6-16-7-11(9)14/h2-3,5,9H,4,6-7H2,1H3. The van der Waals surface area contributed by atoms with Gasteiger partial charge < -0.3 is 4.74 Å². The predicted octanol–water partition coefficient (Wildman–Crippen LogP) is 2.31. The van der Waals surface area contributed by atoms with Crippen molar-refractivity contribution in [2.75, 3.05) is 18.6 Å². The van der Waals surface area contributed by atoms with Gasteiger partial charge in [-0.05, 0) is 24.1 Å². The first-order chi connectivity index (χ1) is 7.70. The molecule has 1 aromatic carbocycles. The summed E-state index contributed by atoms with van der Waals surface area (Å²) >= 11 is 1.65. The summed E-state index contributed by atoms with van der Waals surface area (Å²) in [7, 11) is 1.44. The van der Waals surface area contributed by atoms with E-state index < -0.39 is 0 Å². The number of ether oxygens (including phenoxy) is 1. The van der Waals surface area contributed by atoms with Crippen LogP contribution in [0.4, 0.5) is 4.39 Å². The number of rotatable bonds is 3. The van der Waals surface area contributed by atoms with E-state index in [1.165, 1.54) is 13.2 Å². The van der Waals surface area contributed by atoms with E-state index in [9.17, 15) is 9.18 Å². The molecular formula is C12H13FO2S. The van der Waals surface area contributed by atoms with Gasteiger partial charge in [0.2, 0.25) is 0 Å². The highest BCUT2D eigenvalue weighted by Gasteiger charge is 2.25. The van der Waals surface area contributed by atoms with E-state index >= 15 is 0 Å². The van der Waals surface area contributed by atoms with Gasteiger partial charge in [0.25, 0.3) is 0 Å². The van der Waals surface area contributed by atoms with Crippen LogP contribution in [0.25, 0.3) is 0 Å². The minimum Gasteiger partial charge on any atom is -0.494 e. The lowest BCUT2D eigenvalue weighted by Gasteiger charge is -2.08. The zero-order chi connectivity index (χ0) is 11.5. The molecule has 1 aromatic rings. The average molecular weight is 240 g/mol. The van der Waals surface area contributed by atoms with Gasteiger partial charge in [0.15, 0.2) is 11.6 Å². The molecule has 1 fully saturated rings. The van der Waals surface area contributed by atoms with Crippen LogP contribution >= 0.6 is 11.8 Å². The van der Waals surface area contributed by atoms with Crippen molar-refractivity contribution in [1.82, 2.24) is 0 Å². The Morgan fingerprint density at radius 3 is 2.94 bits per heavy atom. The number of ketones is 1. The van der Waals surface area contributed by atoms with Crippen molar-refractivity contribution >= 4 is 17.5 Å². The third-order valence-electron chi connectivity index (χ3n) is 2.72. The van der Waals surface area contributed by atoms with E-state index in [0.29, 0.717) is 12.2 Å². The van der Waals surface area contributed by atoms with Crippen molar-refractivity contribution in [3.05, 3.63) is 29.6 Å². The van der Waals surface area contributed by atoms with E-state index in [0.717, 1.165) is 11.3 Å². The van der Waals surface area contributed by atoms with Crippen LogP contribution in [0.2, 0.25) is 0 Å². The molecule has 0 saturated carbocycles. The van der Waals surface area contributed by atoms with Gasteiger partial charge in [0.05, 0.1) is 12.9 Å². The monoisotopic (exact) mass is 240 g/mol. The average Bonchev–Trinajstić information content (AvgIpc) is 2.65. The van der Waals surface area contributed by atoms with Gasteiger partial charge in [0, 0.05) is 11.7 Å². The number of halogens is 1. The molecule has 1 aliphatic heterocycles. The van der Waals surface area contributed by atoms with Crippen molar-refractivity contribution in [3.63, 3.8) is 0 Å². The highest BCUT2D eigenvalue weighted by molar-refractivity contribution is 8.00. The van der Waals surface area contributed by atoms with Crippen LogP contribution in [-0.4, -0.2) is 24.4 Å². The number of methoxy groups -OCH3 is 1. The van der Waals surface area contributed by atoms with E-state index in [-0.39, 0.29) is 23.3 Å². The van der Waals surface area contributed by atoms with Crippen molar-refractivity contribution < 1.29 is 13.9 Å². The topological polar surface area (TPSA) is 26.3 Å². The molecule has 2 rings (SSSR count). The summed E-state index contributed by atoms with van der Waals surface area (Å²) in [6, 6.07) is 4.88. The second kappa shape index (κ2) is 4.87. The summed E-state index contributed by atoms with van der Waals surface area (Å²) in [5, 5.41) is 0. The first kappa shape index (κ1) is 11.5. The molecule has 0 radical (unpaired) electrons. The van der Waals surface area contributed by atoms with Gasteiger partial charge >= 0.3 is 0 Å². The molecular weight excluding hydrogens is 227 g/mol. The predicted molar refractivity (Wildman–Crippen MR) is 62.5 cm³/mol. The molecule has 0 aliphatic carbocycles. The van der Waals surface area contributed by atoms with Crippen LogP contribution in [0.1, 0.15) is 5.56 Å². The molecule has 1 atom stereocenters. The van der Waals surface area contributed by atoms with Crippen molar-refractivity contribution in [2.24, 2.45) is 5.92 Å². The maximum atomic E-state index is 13.4. The van der Waals surface area contributed by atoms with Gasteiger partial charge in [-0.1, -0.05) is 6.07 Å². The minimum atomic E-state index is -0.363. The summed E-state index contributed by atoms with van der Waals surface area (Å²) in [5.41, 5.74) is 0.860. The van der Waals surface area contributed by atoms with Crippen LogP contribution in [0.15, 0.2) is 18.2 Å². The van der Waals surface area contributed by atoms with Crippen LogP contribution < -0.4 is 4.74 Å². The Morgan fingerprint density at radius 2 is 2.38 bits per heavy atom. The van der Waals surface area contributed by atoms with Crippen molar-refractivity contribution in [1.29, 1.82) is 0 Å². The molecule has 1 saturated heterocycles. The molecule has 1 aliphatic rings.